The van der Waals surface area contributed by atoms with Gasteiger partial charge in [0.05, 0.1) is 11.9 Å². The molecule has 24 heavy (non-hydrogen) atoms. The molecule has 3 aliphatic heterocycles. The molecule has 126 valence electrons. The molecule has 0 N–H and O–H groups in total. The second kappa shape index (κ2) is 6.25. The van der Waals surface area contributed by atoms with Gasteiger partial charge in [-0.15, -0.1) is 0 Å². The Hall–Kier alpha value is -1.80. The standard InChI is InChI=1S/C16H17F2N5S/c1-24-16-19-3-2-15(21-16)22-7-11-5-12(8-22)23(11)9-14-13(18)4-10(17)6-20-14/h2-4,6,11-12H,5,7-9H2,1H3. The number of thioether (sulfide) groups is 1. The van der Waals surface area contributed by atoms with Gasteiger partial charge in [0.2, 0.25) is 0 Å². The number of piperazine rings is 1. The summed E-state index contributed by atoms with van der Waals surface area (Å²) >= 11 is 1.52. The molecule has 0 aliphatic carbocycles. The van der Waals surface area contributed by atoms with Crippen LogP contribution in [0.3, 0.4) is 0 Å². The maximum absolute atomic E-state index is 13.8. The highest BCUT2D eigenvalue weighted by Gasteiger charge is 2.45. The van der Waals surface area contributed by atoms with Crippen molar-refractivity contribution in [3.8, 4) is 0 Å². The summed E-state index contributed by atoms with van der Waals surface area (Å²) in [4.78, 5) is 17.2. The number of fused-ring (bicyclic) bond motifs is 2. The van der Waals surface area contributed by atoms with E-state index in [1.54, 1.807) is 6.20 Å². The number of halogens is 2. The third kappa shape index (κ3) is 2.84. The molecule has 2 aromatic heterocycles. The molecule has 3 aliphatic rings. The number of pyridine rings is 1. The molecular weight excluding hydrogens is 332 g/mol. The number of hydrogen-bond acceptors (Lipinski definition) is 6. The molecule has 2 bridgehead atoms. The van der Waals surface area contributed by atoms with Crippen molar-refractivity contribution in [2.24, 2.45) is 0 Å². The number of anilines is 1. The molecule has 8 heteroatoms. The van der Waals surface area contributed by atoms with E-state index in [-0.39, 0.29) is 0 Å². The minimum absolute atomic E-state index is 0.311. The summed E-state index contributed by atoms with van der Waals surface area (Å²) in [5.74, 6) is -0.272. The molecule has 0 aromatic carbocycles. The van der Waals surface area contributed by atoms with Crippen LogP contribution in [0.25, 0.3) is 0 Å². The van der Waals surface area contributed by atoms with Gasteiger partial charge in [-0.25, -0.2) is 18.7 Å². The fourth-order valence-electron chi connectivity index (χ4n) is 3.47. The summed E-state index contributed by atoms with van der Waals surface area (Å²) in [5.41, 5.74) is 0.311. The summed E-state index contributed by atoms with van der Waals surface area (Å²) in [6, 6.07) is 3.52. The van der Waals surface area contributed by atoms with E-state index in [1.807, 2.05) is 12.3 Å². The van der Waals surface area contributed by atoms with Crippen molar-refractivity contribution < 1.29 is 8.78 Å². The van der Waals surface area contributed by atoms with Gasteiger partial charge in [0.15, 0.2) is 5.16 Å². The Morgan fingerprint density at radius 1 is 1.25 bits per heavy atom. The fourth-order valence-corrected chi connectivity index (χ4v) is 3.82. The third-order valence-corrected chi connectivity index (χ3v) is 5.25. The van der Waals surface area contributed by atoms with Crippen LogP contribution in [0, 0.1) is 11.6 Å². The van der Waals surface area contributed by atoms with Gasteiger partial charge in [-0.3, -0.25) is 9.88 Å². The van der Waals surface area contributed by atoms with Crippen molar-refractivity contribution in [1.29, 1.82) is 0 Å². The summed E-state index contributed by atoms with van der Waals surface area (Å²) < 4.78 is 26.8. The Morgan fingerprint density at radius 3 is 2.75 bits per heavy atom. The van der Waals surface area contributed by atoms with Gasteiger partial charge in [-0.1, -0.05) is 11.8 Å². The zero-order valence-electron chi connectivity index (χ0n) is 13.2. The van der Waals surface area contributed by atoms with E-state index in [4.69, 9.17) is 0 Å². The second-order valence-corrected chi connectivity index (χ2v) is 6.88. The summed E-state index contributed by atoms with van der Waals surface area (Å²) in [6.07, 6.45) is 5.91. The van der Waals surface area contributed by atoms with Gasteiger partial charge in [-0.2, -0.15) is 0 Å². The van der Waals surface area contributed by atoms with E-state index in [0.29, 0.717) is 24.3 Å². The minimum atomic E-state index is -0.639. The normalized spacial score (nSPS) is 23.2. The van der Waals surface area contributed by atoms with E-state index >= 15 is 0 Å². The third-order valence-electron chi connectivity index (χ3n) is 4.69. The molecule has 3 fully saturated rings. The van der Waals surface area contributed by atoms with Crippen molar-refractivity contribution in [3.05, 3.63) is 41.9 Å². The van der Waals surface area contributed by atoms with Crippen LogP contribution in [-0.4, -0.2) is 51.3 Å². The van der Waals surface area contributed by atoms with Crippen LogP contribution in [0.1, 0.15) is 12.1 Å². The van der Waals surface area contributed by atoms with Gasteiger partial charge in [-0.05, 0) is 18.7 Å². The lowest BCUT2D eigenvalue weighted by Crippen LogP contribution is -2.68. The lowest BCUT2D eigenvalue weighted by Gasteiger charge is -2.56. The first-order chi connectivity index (χ1) is 11.6. The molecule has 5 nitrogen and oxygen atoms in total. The number of rotatable bonds is 4. The highest BCUT2D eigenvalue weighted by atomic mass is 32.2. The largest absolute Gasteiger partial charge is 0.353 e. The topological polar surface area (TPSA) is 45.2 Å². The van der Waals surface area contributed by atoms with Crippen molar-refractivity contribution >= 4 is 17.6 Å². The molecule has 0 amide bonds. The van der Waals surface area contributed by atoms with Gasteiger partial charge >= 0.3 is 0 Å². The number of hydrogen-bond donors (Lipinski definition) is 0. The summed E-state index contributed by atoms with van der Waals surface area (Å²) in [7, 11) is 0. The Balaban J connectivity index is 1.44. The molecule has 5 rings (SSSR count). The molecule has 2 atom stereocenters. The summed E-state index contributed by atoms with van der Waals surface area (Å²) in [6.45, 7) is 2.13. The van der Waals surface area contributed by atoms with Crippen molar-refractivity contribution in [2.75, 3.05) is 24.2 Å². The maximum atomic E-state index is 13.8. The van der Waals surface area contributed by atoms with Crippen LogP contribution in [0.2, 0.25) is 0 Å². The predicted molar refractivity (Wildman–Crippen MR) is 87.9 cm³/mol. The van der Waals surface area contributed by atoms with Crippen LogP contribution in [-0.2, 0) is 6.54 Å². The van der Waals surface area contributed by atoms with E-state index in [0.717, 1.165) is 42.7 Å². The Labute approximate surface area is 143 Å². The zero-order chi connectivity index (χ0) is 16.7. The lowest BCUT2D eigenvalue weighted by atomic mass is 9.87. The molecule has 5 heterocycles. The van der Waals surface area contributed by atoms with Crippen LogP contribution in [0.15, 0.2) is 29.7 Å². The van der Waals surface area contributed by atoms with Gasteiger partial charge in [0, 0.05) is 44.0 Å². The summed E-state index contributed by atoms with van der Waals surface area (Å²) in [5, 5.41) is 0.765. The molecule has 2 aromatic rings. The van der Waals surface area contributed by atoms with Crippen LogP contribution < -0.4 is 4.90 Å². The Kier molecular flexibility index (Phi) is 4.09. The average Bonchev–Trinajstić information content (AvgIpc) is 2.61. The fraction of sp³-hybridized carbons (Fsp3) is 0.438. The molecule has 0 radical (unpaired) electrons. The maximum Gasteiger partial charge on any atom is 0.189 e. The molecule has 0 saturated carbocycles. The van der Waals surface area contributed by atoms with Crippen molar-refractivity contribution in [1.82, 2.24) is 19.9 Å². The van der Waals surface area contributed by atoms with Gasteiger partial charge < -0.3 is 4.90 Å². The van der Waals surface area contributed by atoms with Gasteiger partial charge in [0.25, 0.3) is 0 Å². The lowest BCUT2D eigenvalue weighted by molar-refractivity contribution is -0.0106. The highest BCUT2D eigenvalue weighted by Crippen LogP contribution is 2.35. The molecule has 0 spiro atoms. The average molecular weight is 349 g/mol. The number of nitrogens with zero attached hydrogens (tertiary/aromatic N) is 5. The smallest absolute Gasteiger partial charge is 0.189 e. The second-order valence-electron chi connectivity index (χ2n) is 6.10. The Bertz CT molecular complexity index is 747. The van der Waals surface area contributed by atoms with Gasteiger partial charge in [0.1, 0.15) is 17.5 Å². The zero-order valence-corrected chi connectivity index (χ0v) is 14.0. The van der Waals surface area contributed by atoms with E-state index in [1.165, 1.54) is 11.8 Å². The van der Waals surface area contributed by atoms with Crippen LogP contribution in [0.4, 0.5) is 14.6 Å². The first-order valence-corrected chi connectivity index (χ1v) is 9.04. The quantitative estimate of drug-likeness (QED) is 0.624. The van der Waals surface area contributed by atoms with Crippen LogP contribution >= 0.6 is 11.8 Å². The highest BCUT2D eigenvalue weighted by molar-refractivity contribution is 7.98. The molecular formula is C16H17F2N5S. The van der Waals surface area contributed by atoms with Crippen LogP contribution in [0.5, 0.6) is 0 Å². The van der Waals surface area contributed by atoms with E-state index in [2.05, 4.69) is 24.8 Å². The van der Waals surface area contributed by atoms with Crippen molar-refractivity contribution in [3.63, 3.8) is 0 Å². The predicted octanol–water partition coefficient (Wildman–Crippen LogP) is 2.33. The minimum Gasteiger partial charge on any atom is -0.353 e. The first kappa shape index (κ1) is 15.7. The molecule has 2 unspecified atom stereocenters. The monoisotopic (exact) mass is 349 g/mol. The Morgan fingerprint density at radius 2 is 2.04 bits per heavy atom. The van der Waals surface area contributed by atoms with Crippen molar-refractivity contribution in [2.45, 2.75) is 30.2 Å². The first-order valence-electron chi connectivity index (χ1n) is 7.81. The number of piperidine rings is 1. The SMILES string of the molecule is CSc1nccc(N2CC3CC(C2)N3Cc2ncc(F)cc2F)n1. The number of aromatic nitrogens is 3. The van der Waals surface area contributed by atoms with E-state index in [9.17, 15) is 8.78 Å². The molecule has 3 saturated heterocycles. The van der Waals surface area contributed by atoms with E-state index < -0.39 is 11.6 Å².